The number of carbonyl (C=O) groups is 1. The maximum Gasteiger partial charge on any atom is 0.126 e. The number of halogens is 2. The molecule has 0 amide bonds. The zero-order chi connectivity index (χ0) is 10.0. The van der Waals surface area contributed by atoms with Gasteiger partial charge in [0.15, 0.2) is 0 Å². The lowest BCUT2D eigenvalue weighted by molar-refractivity contribution is -0.315. The molecule has 1 atom stereocenters. The lowest BCUT2D eigenvalue weighted by Crippen LogP contribution is -2.29. The molecule has 1 aromatic carbocycles. The van der Waals surface area contributed by atoms with E-state index in [2.05, 4.69) is 0 Å². The molecule has 0 aliphatic carbocycles. The van der Waals surface area contributed by atoms with Crippen LogP contribution in [-0.4, -0.2) is 11.1 Å². The monoisotopic (exact) mass is 187 g/mol. The smallest absolute Gasteiger partial charge is 0.126 e. The summed E-state index contributed by atoms with van der Waals surface area (Å²) in [6, 6.07) is 2.03. The second-order valence-corrected chi connectivity index (χ2v) is 2.42. The van der Waals surface area contributed by atoms with Gasteiger partial charge >= 0.3 is 0 Å². The average molecular weight is 187 g/mol. The van der Waals surface area contributed by atoms with E-state index in [1.165, 1.54) is 0 Å². The first-order chi connectivity index (χ1) is 6.00. The van der Waals surface area contributed by atoms with Crippen LogP contribution in [0.5, 0.6) is 0 Å². The molecule has 1 aromatic rings. The highest BCUT2D eigenvalue weighted by atomic mass is 19.1. The number of aliphatic hydroxyl groups excluding tert-OH is 1. The van der Waals surface area contributed by atoms with E-state index in [1.54, 1.807) is 0 Å². The summed E-state index contributed by atoms with van der Waals surface area (Å²) in [6.07, 6.45) is -2.01. The van der Waals surface area contributed by atoms with Gasteiger partial charge in [-0.2, -0.15) is 0 Å². The van der Waals surface area contributed by atoms with Gasteiger partial charge in [0.1, 0.15) is 17.7 Å². The van der Waals surface area contributed by atoms with Gasteiger partial charge in [0.2, 0.25) is 0 Å². The quantitative estimate of drug-likeness (QED) is 0.694. The number of aliphatic carboxylic acids is 1. The van der Waals surface area contributed by atoms with Crippen LogP contribution in [0.15, 0.2) is 18.2 Å². The van der Waals surface area contributed by atoms with E-state index >= 15 is 0 Å². The van der Waals surface area contributed by atoms with Crippen molar-refractivity contribution < 1.29 is 23.8 Å². The highest BCUT2D eigenvalue weighted by Crippen LogP contribution is 2.15. The summed E-state index contributed by atoms with van der Waals surface area (Å²) in [5.74, 6) is -3.70. The number of hydrogen-bond donors (Lipinski definition) is 1. The van der Waals surface area contributed by atoms with Crippen molar-refractivity contribution in [3.8, 4) is 0 Å². The summed E-state index contributed by atoms with van der Waals surface area (Å²) in [5, 5.41) is 19.0. The van der Waals surface area contributed by atoms with Crippen LogP contribution >= 0.6 is 0 Å². The normalized spacial score (nSPS) is 12.5. The molecule has 0 fully saturated rings. The maximum atomic E-state index is 12.5. The number of carboxylic acid groups (broad SMARTS) is 1. The molecule has 1 N–H and O–H groups in total. The van der Waals surface area contributed by atoms with Crippen LogP contribution in [0.1, 0.15) is 11.7 Å². The summed E-state index contributed by atoms with van der Waals surface area (Å²) >= 11 is 0. The van der Waals surface area contributed by atoms with Gasteiger partial charge in [-0.3, -0.25) is 0 Å². The largest absolute Gasteiger partial charge is 0.547 e. The molecule has 0 saturated carbocycles. The minimum absolute atomic E-state index is 0.377. The second kappa shape index (κ2) is 3.49. The van der Waals surface area contributed by atoms with Crippen LogP contribution in [0.2, 0.25) is 0 Å². The predicted molar refractivity (Wildman–Crippen MR) is 36.3 cm³/mol. The summed E-state index contributed by atoms with van der Waals surface area (Å²) in [4.78, 5) is 10.1. The Morgan fingerprint density at radius 2 is 1.77 bits per heavy atom. The van der Waals surface area contributed by atoms with Gasteiger partial charge in [-0.05, 0) is 17.7 Å². The van der Waals surface area contributed by atoms with Crippen molar-refractivity contribution in [1.29, 1.82) is 0 Å². The van der Waals surface area contributed by atoms with Gasteiger partial charge in [0.25, 0.3) is 0 Å². The van der Waals surface area contributed by atoms with E-state index in [0.717, 1.165) is 12.1 Å². The van der Waals surface area contributed by atoms with Crippen molar-refractivity contribution >= 4 is 5.97 Å². The Morgan fingerprint density at radius 3 is 2.15 bits per heavy atom. The number of carboxylic acids is 1. The lowest BCUT2D eigenvalue weighted by atomic mass is 10.1. The summed E-state index contributed by atoms with van der Waals surface area (Å²) < 4.78 is 25.0. The predicted octanol–water partition coefficient (Wildman–Crippen LogP) is -0.252. The molecule has 70 valence electrons. The number of aliphatic hydroxyl groups is 1. The molecular formula is C8H5F2O3-. The van der Waals surface area contributed by atoms with Gasteiger partial charge in [0.05, 0.1) is 5.97 Å². The van der Waals surface area contributed by atoms with E-state index in [-0.39, 0.29) is 5.56 Å². The van der Waals surface area contributed by atoms with Gasteiger partial charge in [0, 0.05) is 6.07 Å². The van der Waals surface area contributed by atoms with Gasteiger partial charge < -0.3 is 15.0 Å². The number of benzene rings is 1. The van der Waals surface area contributed by atoms with Crippen LogP contribution < -0.4 is 5.11 Å². The minimum Gasteiger partial charge on any atom is -0.547 e. The van der Waals surface area contributed by atoms with E-state index in [9.17, 15) is 18.7 Å². The average Bonchev–Trinajstić information content (AvgIpc) is 2.01. The van der Waals surface area contributed by atoms with E-state index in [0.29, 0.717) is 6.07 Å². The van der Waals surface area contributed by atoms with Gasteiger partial charge in [-0.15, -0.1) is 0 Å². The summed E-state index contributed by atoms with van der Waals surface area (Å²) in [7, 11) is 0. The summed E-state index contributed by atoms with van der Waals surface area (Å²) in [6.45, 7) is 0. The van der Waals surface area contributed by atoms with E-state index in [1.807, 2.05) is 0 Å². The number of hydrogen-bond acceptors (Lipinski definition) is 3. The molecule has 0 bridgehead atoms. The van der Waals surface area contributed by atoms with E-state index < -0.39 is 23.7 Å². The zero-order valence-corrected chi connectivity index (χ0v) is 6.33. The number of carbonyl (C=O) groups excluding carboxylic acids is 1. The van der Waals surface area contributed by atoms with Crippen LogP contribution in [0.4, 0.5) is 8.78 Å². The molecule has 5 heteroatoms. The standard InChI is InChI=1S/C8H6F2O3/c9-5-1-4(2-6(10)3-5)7(11)8(12)13/h1-3,7,11H,(H,12,13)/p-1/t7-/m0/s1. The van der Waals surface area contributed by atoms with E-state index in [4.69, 9.17) is 5.11 Å². The molecular weight excluding hydrogens is 182 g/mol. The van der Waals surface area contributed by atoms with Crippen molar-refractivity contribution in [1.82, 2.24) is 0 Å². The fourth-order valence-electron chi connectivity index (χ4n) is 0.869. The molecule has 0 radical (unpaired) electrons. The Kier molecular flexibility index (Phi) is 2.57. The molecule has 1 rings (SSSR count). The molecule has 13 heavy (non-hydrogen) atoms. The van der Waals surface area contributed by atoms with Gasteiger partial charge in [-0.25, -0.2) is 8.78 Å². The third-order valence-corrected chi connectivity index (χ3v) is 1.42. The minimum atomic E-state index is -2.01. The second-order valence-electron chi connectivity index (χ2n) is 2.42. The molecule has 0 saturated heterocycles. The Labute approximate surface area is 72.2 Å². The Hall–Kier alpha value is -1.49. The van der Waals surface area contributed by atoms with Crippen molar-refractivity contribution in [2.45, 2.75) is 6.10 Å². The van der Waals surface area contributed by atoms with Gasteiger partial charge in [-0.1, -0.05) is 0 Å². The molecule has 0 unspecified atom stereocenters. The first-order valence-electron chi connectivity index (χ1n) is 3.35. The van der Waals surface area contributed by atoms with Crippen LogP contribution in [-0.2, 0) is 4.79 Å². The number of rotatable bonds is 2. The Bertz CT molecular complexity index is 318. The topological polar surface area (TPSA) is 60.4 Å². The maximum absolute atomic E-state index is 12.5. The molecule has 3 nitrogen and oxygen atoms in total. The van der Waals surface area contributed by atoms with Crippen molar-refractivity contribution in [2.75, 3.05) is 0 Å². The Morgan fingerprint density at radius 1 is 1.31 bits per heavy atom. The lowest BCUT2D eigenvalue weighted by Gasteiger charge is -2.11. The fourth-order valence-corrected chi connectivity index (χ4v) is 0.869. The molecule has 0 heterocycles. The fraction of sp³-hybridized carbons (Fsp3) is 0.125. The molecule has 0 spiro atoms. The van der Waals surface area contributed by atoms with Crippen molar-refractivity contribution in [3.63, 3.8) is 0 Å². The molecule has 0 aliphatic rings. The van der Waals surface area contributed by atoms with Crippen LogP contribution in [0.3, 0.4) is 0 Å². The first-order valence-corrected chi connectivity index (χ1v) is 3.35. The SMILES string of the molecule is O=C([O-])[C@@H](O)c1cc(F)cc(F)c1. The Balaban J connectivity index is 3.07. The highest BCUT2D eigenvalue weighted by molar-refractivity contribution is 5.71. The molecule has 0 aromatic heterocycles. The summed E-state index contributed by atoms with van der Waals surface area (Å²) in [5.41, 5.74) is -0.377. The third-order valence-electron chi connectivity index (χ3n) is 1.42. The zero-order valence-electron chi connectivity index (χ0n) is 6.33. The first kappa shape index (κ1) is 9.60. The van der Waals surface area contributed by atoms with Crippen LogP contribution in [0.25, 0.3) is 0 Å². The molecule has 0 aliphatic heterocycles. The van der Waals surface area contributed by atoms with Crippen molar-refractivity contribution in [2.24, 2.45) is 0 Å². The van der Waals surface area contributed by atoms with Crippen LogP contribution in [0, 0.1) is 11.6 Å². The third kappa shape index (κ3) is 2.22. The highest BCUT2D eigenvalue weighted by Gasteiger charge is 2.10. The van der Waals surface area contributed by atoms with Crippen molar-refractivity contribution in [3.05, 3.63) is 35.4 Å².